The van der Waals surface area contributed by atoms with Crippen molar-refractivity contribution in [2.24, 2.45) is 0 Å². The Morgan fingerprint density at radius 2 is 1.69 bits per heavy atom. The Hall–Kier alpha value is -3.98. The average Bonchev–Trinajstić information content (AvgIpc) is 2.95. The van der Waals surface area contributed by atoms with Gasteiger partial charge in [-0.15, -0.1) is 0 Å². The van der Waals surface area contributed by atoms with Gasteiger partial charge in [-0.25, -0.2) is 9.97 Å². The Balaban J connectivity index is 0.000000532. The molecule has 1 aliphatic rings. The number of rotatable bonds is 11. The fraction of sp³-hybridized carbons (Fsp3) is 0.400. The van der Waals surface area contributed by atoms with Gasteiger partial charge in [0.2, 0.25) is 6.41 Å². The molecule has 1 unspecified atom stereocenters. The highest BCUT2D eigenvalue weighted by Crippen LogP contribution is 2.28. The summed E-state index contributed by atoms with van der Waals surface area (Å²) in [5.41, 5.74) is 7.57. The smallest absolute Gasteiger partial charge is 0.207 e. The minimum Gasteiger partial charge on any atom is -0.457 e. The molecule has 0 radical (unpaired) electrons. The number of ether oxygens (including phenoxy) is 1. The summed E-state index contributed by atoms with van der Waals surface area (Å²) < 4.78 is 5.83. The number of nitrogens with one attached hydrogen (secondary N) is 4. The molecule has 39 heavy (non-hydrogen) atoms. The molecule has 0 aliphatic heterocycles. The molecular formula is C30H41N7O2. The number of para-hydroxylation sites is 1. The summed E-state index contributed by atoms with van der Waals surface area (Å²) in [6.45, 7) is 4.40. The van der Waals surface area contributed by atoms with Gasteiger partial charge in [0, 0.05) is 23.7 Å². The Kier molecular flexibility index (Phi) is 11.7. The largest absolute Gasteiger partial charge is 0.457 e. The van der Waals surface area contributed by atoms with E-state index in [1.165, 1.54) is 19.2 Å². The van der Waals surface area contributed by atoms with E-state index in [2.05, 4.69) is 39.8 Å². The number of hydrogen-bond acceptors (Lipinski definition) is 8. The first-order valence-electron chi connectivity index (χ1n) is 13.6. The van der Waals surface area contributed by atoms with E-state index in [0.29, 0.717) is 28.7 Å². The number of carbonyl (C=O) groups excluding carboxylic acids is 1. The second kappa shape index (κ2) is 15.4. The number of nitrogens with two attached hydrogens (primary N) is 1. The van der Waals surface area contributed by atoms with Crippen molar-refractivity contribution in [3.8, 4) is 11.5 Å². The molecule has 1 aromatic heterocycles. The summed E-state index contributed by atoms with van der Waals surface area (Å²) in [6.07, 6.45) is 8.32. The lowest BCUT2D eigenvalue weighted by Gasteiger charge is -2.29. The number of nitrogen functional groups attached to an aromatic ring is 1. The second-order valence-electron chi connectivity index (χ2n) is 9.75. The van der Waals surface area contributed by atoms with E-state index in [4.69, 9.17) is 15.9 Å². The lowest BCUT2D eigenvalue weighted by Crippen LogP contribution is -2.36. The maximum atomic E-state index is 10.7. The Labute approximate surface area is 231 Å². The van der Waals surface area contributed by atoms with Crippen LogP contribution in [0.25, 0.3) is 0 Å². The van der Waals surface area contributed by atoms with Crippen molar-refractivity contribution >= 4 is 23.8 Å². The van der Waals surface area contributed by atoms with Crippen LogP contribution in [0.15, 0.2) is 60.9 Å². The monoisotopic (exact) mass is 531 g/mol. The quantitative estimate of drug-likeness (QED) is 0.171. The molecule has 9 nitrogen and oxygen atoms in total. The lowest BCUT2D eigenvalue weighted by molar-refractivity contribution is -0.110. The Morgan fingerprint density at radius 3 is 2.28 bits per heavy atom. The van der Waals surface area contributed by atoms with Crippen LogP contribution in [0.3, 0.4) is 0 Å². The van der Waals surface area contributed by atoms with Gasteiger partial charge in [0.25, 0.3) is 0 Å². The highest BCUT2D eigenvalue weighted by molar-refractivity contribution is 6.16. The summed E-state index contributed by atoms with van der Waals surface area (Å²) in [5, 5.41) is 18.2. The highest BCUT2D eigenvalue weighted by atomic mass is 16.5. The van der Waals surface area contributed by atoms with Crippen molar-refractivity contribution in [2.75, 3.05) is 18.1 Å². The molecule has 1 saturated carbocycles. The van der Waals surface area contributed by atoms with Gasteiger partial charge in [0.05, 0.1) is 11.3 Å². The molecule has 0 saturated heterocycles. The molecule has 208 valence electrons. The summed E-state index contributed by atoms with van der Waals surface area (Å²) in [4.78, 5) is 19.1. The topological polar surface area (TPSA) is 138 Å². The van der Waals surface area contributed by atoms with Crippen molar-refractivity contribution in [3.05, 3.63) is 72.1 Å². The minimum absolute atomic E-state index is 0.196. The van der Waals surface area contributed by atoms with Gasteiger partial charge >= 0.3 is 0 Å². The van der Waals surface area contributed by atoms with Crippen LogP contribution in [0.2, 0.25) is 0 Å². The Morgan fingerprint density at radius 1 is 1.05 bits per heavy atom. The molecule has 1 fully saturated rings. The molecule has 1 aliphatic carbocycles. The molecule has 0 spiro atoms. The molecule has 9 heteroatoms. The number of hydrogen-bond donors (Lipinski definition) is 5. The van der Waals surface area contributed by atoms with Crippen molar-refractivity contribution in [2.45, 2.75) is 70.5 Å². The van der Waals surface area contributed by atoms with E-state index >= 15 is 0 Å². The van der Waals surface area contributed by atoms with Crippen LogP contribution in [0.4, 0.5) is 11.6 Å². The number of benzene rings is 2. The van der Waals surface area contributed by atoms with E-state index < -0.39 is 0 Å². The maximum Gasteiger partial charge on any atom is 0.207 e. The number of nitrogens with zero attached hydrogens (tertiary/aromatic N) is 2. The molecular weight excluding hydrogens is 490 g/mol. The summed E-state index contributed by atoms with van der Waals surface area (Å²) in [7, 11) is 2.00. The molecule has 0 bridgehead atoms. The first-order valence-corrected chi connectivity index (χ1v) is 13.6. The molecule has 3 aromatic rings. The summed E-state index contributed by atoms with van der Waals surface area (Å²) >= 11 is 0. The predicted octanol–water partition coefficient (Wildman–Crippen LogP) is 5.13. The SMILES string of the molecule is CCCC(C)NC.N=C(c1ccc(Oc2ccccc2)cc1)c1c(N)ncnc1NC1CCC(NC=O)CC1. The van der Waals surface area contributed by atoms with E-state index in [9.17, 15) is 4.79 Å². The van der Waals surface area contributed by atoms with E-state index in [-0.39, 0.29) is 23.6 Å². The molecule has 1 amide bonds. The normalized spacial score (nSPS) is 17.2. The van der Waals surface area contributed by atoms with Gasteiger partial charge in [-0.05, 0) is 82.5 Å². The van der Waals surface area contributed by atoms with Gasteiger partial charge in [0.1, 0.15) is 29.5 Å². The Bertz CT molecular complexity index is 1160. The van der Waals surface area contributed by atoms with E-state index in [1.54, 1.807) is 0 Å². The fourth-order valence-corrected chi connectivity index (χ4v) is 4.49. The third-order valence-electron chi connectivity index (χ3n) is 6.83. The van der Waals surface area contributed by atoms with E-state index in [0.717, 1.165) is 37.8 Å². The highest BCUT2D eigenvalue weighted by Gasteiger charge is 2.23. The summed E-state index contributed by atoms with van der Waals surface area (Å²) in [6, 6.07) is 18.0. The predicted molar refractivity (Wildman–Crippen MR) is 158 cm³/mol. The van der Waals surface area contributed by atoms with Gasteiger partial charge in [-0.2, -0.15) is 0 Å². The van der Waals surface area contributed by atoms with Crippen LogP contribution in [0.5, 0.6) is 11.5 Å². The third kappa shape index (κ3) is 9.07. The zero-order chi connectivity index (χ0) is 28.0. The van der Waals surface area contributed by atoms with Gasteiger partial charge in [-0.3, -0.25) is 10.2 Å². The zero-order valence-corrected chi connectivity index (χ0v) is 23.1. The van der Waals surface area contributed by atoms with Crippen LogP contribution < -0.4 is 26.4 Å². The first kappa shape index (κ1) is 29.6. The first-order chi connectivity index (χ1) is 18.9. The number of aromatic nitrogens is 2. The standard InChI is InChI=1S/C24H26N6O2.C6H15N/c25-22(16-6-12-20(13-7-16)32-19-4-2-1-3-5-19)21-23(26)27-14-28-24(21)30-18-10-8-17(9-11-18)29-15-31;1-4-5-6(2)7-3/h1-7,12-15,17-18,25H,8-11H2,(H,29,31)(H3,26,27,28,30);6-7H,4-5H2,1-3H3. The number of carbonyl (C=O) groups is 1. The van der Waals surface area contributed by atoms with Gasteiger partial charge < -0.3 is 26.4 Å². The van der Waals surface area contributed by atoms with Gasteiger partial charge in [-0.1, -0.05) is 31.5 Å². The second-order valence-corrected chi connectivity index (χ2v) is 9.75. The van der Waals surface area contributed by atoms with Crippen molar-refractivity contribution in [3.63, 3.8) is 0 Å². The number of anilines is 2. The van der Waals surface area contributed by atoms with Crippen LogP contribution in [-0.4, -0.2) is 47.3 Å². The molecule has 2 aromatic carbocycles. The number of amides is 1. The van der Waals surface area contributed by atoms with Crippen molar-refractivity contribution in [1.82, 2.24) is 20.6 Å². The van der Waals surface area contributed by atoms with Crippen molar-refractivity contribution in [1.29, 1.82) is 5.41 Å². The average molecular weight is 532 g/mol. The van der Waals surface area contributed by atoms with Crippen molar-refractivity contribution < 1.29 is 9.53 Å². The maximum absolute atomic E-state index is 10.7. The molecule has 4 rings (SSSR count). The molecule has 1 atom stereocenters. The lowest BCUT2D eigenvalue weighted by atomic mass is 9.91. The van der Waals surface area contributed by atoms with Crippen LogP contribution in [0, 0.1) is 5.41 Å². The molecule has 1 heterocycles. The zero-order valence-electron chi connectivity index (χ0n) is 23.1. The van der Waals surface area contributed by atoms with Crippen LogP contribution in [-0.2, 0) is 4.79 Å². The molecule has 6 N–H and O–H groups in total. The van der Waals surface area contributed by atoms with Crippen LogP contribution in [0.1, 0.15) is 63.5 Å². The fourth-order valence-electron chi connectivity index (χ4n) is 4.49. The van der Waals surface area contributed by atoms with E-state index in [1.807, 2.05) is 61.6 Å². The summed E-state index contributed by atoms with van der Waals surface area (Å²) in [5.74, 6) is 2.25. The minimum atomic E-state index is 0.196. The van der Waals surface area contributed by atoms with Gasteiger partial charge in [0.15, 0.2) is 0 Å². The van der Waals surface area contributed by atoms with Crippen LogP contribution >= 0.6 is 0 Å². The third-order valence-corrected chi connectivity index (χ3v) is 6.83.